The van der Waals surface area contributed by atoms with Gasteiger partial charge in [-0.3, -0.25) is 9.78 Å². The van der Waals surface area contributed by atoms with E-state index in [1.807, 2.05) is 24.3 Å². The first kappa shape index (κ1) is 11.1. The molecule has 0 fully saturated rings. The standard InChI is InChI=1S/C13H13N3O/c14-12-9(4-3-6-11(12)13(15)17)8-10-5-1-2-7-16-10/h1-7H,8,14H2,(H2,15,17). The number of amides is 1. The second kappa shape index (κ2) is 4.65. The van der Waals surface area contributed by atoms with Crippen molar-refractivity contribution in [1.82, 2.24) is 4.98 Å². The van der Waals surface area contributed by atoms with E-state index in [1.54, 1.807) is 18.3 Å². The Balaban J connectivity index is 2.34. The first-order valence-electron chi connectivity index (χ1n) is 5.25. The van der Waals surface area contributed by atoms with Gasteiger partial charge in [0, 0.05) is 24.0 Å². The summed E-state index contributed by atoms with van der Waals surface area (Å²) in [4.78, 5) is 15.4. The fourth-order valence-corrected chi connectivity index (χ4v) is 1.68. The Morgan fingerprint density at radius 2 is 2.00 bits per heavy atom. The van der Waals surface area contributed by atoms with Crippen molar-refractivity contribution in [3.63, 3.8) is 0 Å². The van der Waals surface area contributed by atoms with Gasteiger partial charge in [0.1, 0.15) is 0 Å². The quantitative estimate of drug-likeness (QED) is 0.776. The topological polar surface area (TPSA) is 82.0 Å². The van der Waals surface area contributed by atoms with Gasteiger partial charge in [0.05, 0.1) is 5.56 Å². The van der Waals surface area contributed by atoms with Gasteiger partial charge in [-0.15, -0.1) is 0 Å². The van der Waals surface area contributed by atoms with Crippen molar-refractivity contribution in [2.24, 2.45) is 5.73 Å². The van der Waals surface area contributed by atoms with Crippen LogP contribution < -0.4 is 11.5 Å². The molecule has 0 bridgehead atoms. The van der Waals surface area contributed by atoms with Crippen LogP contribution in [0.3, 0.4) is 0 Å². The Hall–Kier alpha value is -2.36. The van der Waals surface area contributed by atoms with Crippen molar-refractivity contribution in [2.45, 2.75) is 6.42 Å². The van der Waals surface area contributed by atoms with Crippen molar-refractivity contribution in [3.8, 4) is 0 Å². The number of para-hydroxylation sites is 1. The van der Waals surface area contributed by atoms with Crippen LogP contribution in [0.15, 0.2) is 42.6 Å². The highest BCUT2D eigenvalue weighted by molar-refractivity contribution is 5.98. The maximum Gasteiger partial charge on any atom is 0.250 e. The summed E-state index contributed by atoms with van der Waals surface area (Å²) in [6.07, 6.45) is 2.32. The summed E-state index contributed by atoms with van der Waals surface area (Å²) in [6, 6.07) is 10.9. The van der Waals surface area contributed by atoms with E-state index >= 15 is 0 Å². The molecule has 1 amide bonds. The second-order valence-corrected chi connectivity index (χ2v) is 3.74. The van der Waals surface area contributed by atoms with E-state index < -0.39 is 5.91 Å². The zero-order valence-corrected chi connectivity index (χ0v) is 9.26. The third-order valence-electron chi connectivity index (χ3n) is 2.56. The lowest BCUT2D eigenvalue weighted by Crippen LogP contribution is -2.14. The van der Waals surface area contributed by atoms with E-state index in [4.69, 9.17) is 11.5 Å². The number of anilines is 1. The number of nitrogens with two attached hydrogens (primary N) is 2. The summed E-state index contributed by atoms with van der Waals surface area (Å²) >= 11 is 0. The number of benzene rings is 1. The Bertz CT molecular complexity index is 538. The van der Waals surface area contributed by atoms with Gasteiger partial charge < -0.3 is 11.5 Å². The zero-order chi connectivity index (χ0) is 12.3. The van der Waals surface area contributed by atoms with Crippen LogP contribution in [0.5, 0.6) is 0 Å². The van der Waals surface area contributed by atoms with Gasteiger partial charge in [-0.05, 0) is 23.8 Å². The molecule has 0 atom stereocenters. The number of nitrogens with zero attached hydrogens (tertiary/aromatic N) is 1. The van der Waals surface area contributed by atoms with Crippen LogP contribution in [0.4, 0.5) is 5.69 Å². The zero-order valence-electron chi connectivity index (χ0n) is 9.26. The number of hydrogen-bond acceptors (Lipinski definition) is 3. The monoisotopic (exact) mass is 227 g/mol. The molecule has 4 N–H and O–H groups in total. The molecule has 0 aliphatic rings. The van der Waals surface area contributed by atoms with Crippen LogP contribution in [0.1, 0.15) is 21.6 Å². The van der Waals surface area contributed by atoms with Gasteiger partial charge in [0.25, 0.3) is 5.91 Å². The Labute approximate surface area is 99.3 Å². The molecule has 2 rings (SSSR count). The van der Waals surface area contributed by atoms with Gasteiger partial charge >= 0.3 is 0 Å². The maximum absolute atomic E-state index is 11.2. The number of nitrogen functional groups attached to an aromatic ring is 1. The molecule has 1 aromatic carbocycles. The number of carbonyl (C=O) groups excluding carboxylic acids is 1. The number of primary amides is 1. The maximum atomic E-state index is 11.2. The fourth-order valence-electron chi connectivity index (χ4n) is 1.68. The predicted molar refractivity (Wildman–Crippen MR) is 66.4 cm³/mol. The molecule has 0 aliphatic heterocycles. The number of rotatable bonds is 3. The minimum atomic E-state index is -0.509. The fraction of sp³-hybridized carbons (Fsp3) is 0.0769. The molecule has 0 spiro atoms. The third-order valence-corrected chi connectivity index (χ3v) is 2.56. The van der Waals surface area contributed by atoms with E-state index in [9.17, 15) is 4.79 Å². The van der Waals surface area contributed by atoms with E-state index in [1.165, 1.54) is 0 Å². The van der Waals surface area contributed by atoms with Gasteiger partial charge in [-0.2, -0.15) is 0 Å². The SMILES string of the molecule is NC(=O)c1cccc(Cc2ccccn2)c1N. The number of hydrogen-bond donors (Lipinski definition) is 2. The van der Waals surface area contributed by atoms with Crippen LogP contribution in [-0.2, 0) is 6.42 Å². The summed E-state index contributed by atoms with van der Waals surface area (Å²) in [5.41, 5.74) is 13.7. The molecule has 1 aromatic heterocycles. The number of carbonyl (C=O) groups is 1. The molecule has 2 aromatic rings. The van der Waals surface area contributed by atoms with Gasteiger partial charge in [0.2, 0.25) is 0 Å². The smallest absolute Gasteiger partial charge is 0.250 e. The molecule has 86 valence electrons. The molecule has 0 aliphatic carbocycles. The van der Waals surface area contributed by atoms with Gasteiger partial charge in [-0.1, -0.05) is 18.2 Å². The highest BCUT2D eigenvalue weighted by Gasteiger charge is 2.09. The van der Waals surface area contributed by atoms with Crippen molar-refractivity contribution >= 4 is 11.6 Å². The van der Waals surface area contributed by atoms with E-state index in [0.29, 0.717) is 17.7 Å². The molecule has 1 heterocycles. The second-order valence-electron chi connectivity index (χ2n) is 3.74. The Kier molecular flexibility index (Phi) is 3.05. The molecular formula is C13H13N3O. The lowest BCUT2D eigenvalue weighted by molar-refractivity contribution is 0.100. The minimum absolute atomic E-state index is 0.360. The molecule has 4 nitrogen and oxygen atoms in total. The third kappa shape index (κ3) is 2.42. The highest BCUT2D eigenvalue weighted by Crippen LogP contribution is 2.19. The van der Waals surface area contributed by atoms with Gasteiger partial charge in [-0.25, -0.2) is 0 Å². The van der Waals surface area contributed by atoms with Crippen molar-refractivity contribution < 1.29 is 4.79 Å². The van der Waals surface area contributed by atoms with Crippen molar-refractivity contribution in [1.29, 1.82) is 0 Å². The molecule has 17 heavy (non-hydrogen) atoms. The lowest BCUT2D eigenvalue weighted by atomic mass is 10.0. The number of pyridine rings is 1. The number of aromatic nitrogens is 1. The van der Waals surface area contributed by atoms with Crippen molar-refractivity contribution in [3.05, 3.63) is 59.4 Å². The summed E-state index contributed by atoms with van der Waals surface area (Å²) in [6.45, 7) is 0. The molecule has 4 heteroatoms. The van der Waals surface area contributed by atoms with E-state index in [0.717, 1.165) is 11.3 Å². The highest BCUT2D eigenvalue weighted by atomic mass is 16.1. The van der Waals surface area contributed by atoms with Crippen LogP contribution in [0, 0.1) is 0 Å². The normalized spacial score (nSPS) is 10.1. The van der Waals surface area contributed by atoms with Crippen molar-refractivity contribution in [2.75, 3.05) is 5.73 Å². The van der Waals surface area contributed by atoms with E-state index in [2.05, 4.69) is 4.98 Å². The Morgan fingerprint density at radius 3 is 2.65 bits per heavy atom. The Morgan fingerprint density at radius 1 is 1.18 bits per heavy atom. The molecule has 0 saturated carbocycles. The van der Waals surface area contributed by atoms with Crippen LogP contribution in [0.2, 0.25) is 0 Å². The van der Waals surface area contributed by atoms with Crippen LogP contribution in [0.25, 0.3) is 0 Å². The first-order valence-corrected chi connectivity index (χ1v) is 5.25. The van der Waals surface area contributed by atoms with E-state index in [-0.39, 0.29) is 0 Å². The summed E-state index contributed by atoms with van der Waals surface area (Å²) in [5.74, 6) is -0.509. The molecule has 0 radical (unpaired) electrons. The first-order chi connectivity index (χ1) is 8.18. The molecule has 0 saturated heterocycles. The lowest BCUT2D eigenvalue weighted by Gasteiger charge is -2.08. The summed E-state index contributed by atoms with van der Waals surface area (Å²) < 4.78 is 0. The average molecular weight is 227 g/mol. The molecule has 0 unspecified atom stereocenters. The van der Waals surface area contributed by atoms with Gasteiger partial charge in [0.15, 0.2) is 0 Å². The summed E-state index contributed by atoms with van der Waals surface area (Å²) in [7, 11) is 0. The average Bonchev–Trinajstić information content (AvgIpc) is 2.33. The van der Waals surface area contributed by atoms with Crippen LogP contribution in [-0.4, -0.2) is 10.9 Å². The largest absolute Gasteiger partial charge is 0.398 e. The van der Waals surface area contributed by atoms with Crippen LogP contribution >= 0.6 is 0 Å². The summed E-state index contributed by atoms with van der Waals surface area (Å²) in [5, 5.41) is 0. The minimum Gasteiger partial charge on any atom is -0.398 e. The predicted octanol–water partition coefficient (Wildman–Crippen LogP) is 1.35. The molecular weight excluding hydrogens is 214 g/mol.